The Morgan fingerprint density at radius 3 is 2.93 bits per heavy atom. The van der Waals surface area contributed by atoms with Gasteiger partial charge in [-0.05, 0) is 29.6 Å². The molecular weight excluding hydrogens is 418 g/mol. The fraction of sp³-hybridized carbons (Fsp3) is 0.318. The third-order valence-electron chi connectivity index (χ3n) is 4.86. The lowest BCUT2D eigenvalue weighted by Crippen LogP contribution is -2.42. The van der Waals surface area contributed by atoms with E-state index in [1.165, 1.54) is 0 Å². The zero-order chi connectivity index (χ0) is 20.8. The van der Waals surface area contributed by atoms with Crippen molar-refractivity contribution in [1.29, 1.82) is 5.26 Å². The maximum atomic E-state index is 12.5. The second-order valence-corrected chi connectivity index (χ2v) is 8.92. The van der Waals surface area contributed by atoms with Gasteiger partial charge in [-0.3, -0.25) is 4.79 Å². The summed E-state index contributed by atoms with van der Waals surface area (Å²) >= 11 is 3.17. The summed E-state index contributed by atoms with van der Waals surface area (Å²) in [5, 5.41) is 15.1. The minimum absolute atomic E-state index is 0.0708. The molecular formula is C22H21N3O3S2. The van der Waals surface area contributed by atoms with E-state index in [4.69, 9.17) is 14.5 Å². The fourth-order valence-electron chi connectivity index (χ4n) is 3.30. The van der Waals surface area contributed by atoms with Gasteiger partial charge in [-0.1, -0.05) is 17.3 Å². The number of hydrogen-bond donors (Lipinski definition) is 0. The summed E-state index contributed by atoms with van der Waals surface area (Å²) in [6, 6.07) is 15.2. The van der Waals surface area contributed by atoms with Gasteiger partial charge in [0.2, 0.25) is 5.91 Å². The van der Waals surface area contributed by atoms with Gasteiger partial charge in [0.05, 0.1) is 28.0 Å². The number of ether oxygens (including phenoxy) is 1. The van der Waals surface area contributed by atoms with Gasteiger partial charge in [0.25, 0.3) is 0 Å². The molecule has 1 aromatic carbocycles. The molecule has 3 aromatic rings. The molecule has 0 unspecified atom stereocenters. The number of hydrogen-bond acceptors (Lipinski definition) is 7. The number of thioether (sulfide) groups is 1. The minimum Gasteiger partial charge on any atom is -0.490 e. The van der Waals surface area contributed by atoms with Gasteiger partial charge >= 0.3 is 0 Å². The highest BCUT2D eigenvalue weighted by Crippen LogP contribution is 2.26. The standard InChI is InChI=1S/C22H21N3O3S2/c23-13-16-3-1-4-19(11-16)27-18-6-8-25(9-7-18)22(26)15-29-14-17-12-20(28-24-17)21-5-2-10-30-21/h1-5,10-12,18H,6-9,14-15H2. The van der Waals surface area contributed by atoms with Crippen molar-refractivity contribution in [3.8, 4) is 22.5 Å². The van der Waals surface area contributed by atoms with Crippen LogP contribution in [0.1, 0.15) is 24.1 Å². The zero-order valence-corrected chi connectivity index (χ0v) is 18.0. The summed E-state index contributed by atoms with van der Waals surface area (Å²) in [5.74, 6) is 2.71. The molecule has 1 saturated heterocycles. The second kappa shape index (κ2) is 9.83. The molecule has 1 fully saturated rings. The van der Waals surface area contributed by atoms with Crippen LogP contribution in [0.4, 0.5) is 0 Å². The van der Waals surface area contributed by atoms with E-state index < -0.39 is 0 Å². The van der Waals surface area contributed by atoms with E-state index in [-0.39, 0.29) is 12.0 Å². The summed E-state index contributed by atoms with van der Waals surface area (Å²) in [7, 11) is 0. The van der Waals surface area contributed by atoms with Crippen LogP contribution in [0, 0.1) is 11.3 Å². The van der Waals surface area contributed by atoms with Crippen molar-refractivity contribution in [3.05, 3.63) is 59.1 Å². The first kappa shape index (κ1) is 20.5. The molecule has 0 radical (unpaired) electrons. The SMILES string of the molecule is N#Cc1cccc(OC2CCN(C(=O)CSCc3cc(-c4cccs4)on3)CC2)c1. The molecule has 0 spiro atoms. The molecule has 0 atom stereocenters. The Kier molecular flexibility index (Phi) is 6.72. The molecule has 154 valence electrons. The number of carbonyl (C=O) groups is 1. The Bertz CT molecular complexity index is 1020. The average Bonchev–Trinajstić information content (AvgIpc) is 3.46. The number of carbonyl (C=O) groups excluding carboxylic acids is 1. The number of rotatable bonds is 7. The average molecular weight is 440 g/mol. The maximum absolute atomic E-state index is 12.5. The van der Waals surface area contributed by atoms with Gasteiger partial charge in [0, 0.05) is 37.8 Å². The highest BCUT2D eigenvalue weighted by atomic mass is 32.2. The molecule has 2 aromatic heterocycles. The van der Waals surface area contributed by atoms with Gasteiger partial charge in [-0.25, -0.2) is 0 Å². The monoisotopic (exact) mass is 439 g/mol. The van der Waals surface area contributed by atoms with Gasteiger partial charge < -0.3 is 14.2 Å². The molecule has 6 nitrogen and oxygen atoms in total. The molecule has 1 aliphatic rings. The van der Waals surface area contributed by atoms with Crippen molar-refractivity contribution in [2.24, 2.45) is 0 Å². The Morgan fingerprint density at radius 1 is 1.30 bits per heavy atom. The number of amides is 1. The lowest BCUT2D eigenvalue weighted by Gasteiger charge is -2.32. The van der Waals surface area contributed by atoms with E-state index in [1.54, 1.807) is 35.2 Å². The first-order valence-electron chi connectivity index (χ1n) is 9.73. The minimum atomic E-state index is 0.0708. The number of nitrogens with zero attached hydrogens (tertiary/aromatic N) is 3. The highest BCUT2D eigenvalue weighted by molar-refractivity contribution is 7.99. The van der Waals surface area contributed by atoms with Crippen LogP contribution in [0.2, 0.25) is 0 Å². The van der Waals surface area contributed by atoms with Crippen molar-refractivity contribution >= 4 is 29.0 Å². The molecule has 0 bridgehead atoms. The third-order valence-corrected chi connectivity index (χ3v) is 6.69. The summed E-state index contributed by atoms with van der Waals surface area (Å²) < 4.78 is 11.4. The quantitative estimate of drug-likeness (QED) is 0.536. The highest BCUT2D eigenvalue weighted by Gasteiger charge is 2.24. The van der Waals surface area contributed by atoms with Crippen molar-refractivity contribution < 1.29 is 14.1 Å². The Labute approximate surface area is 183 Å². The maximum Gasteiger partial charge on any atom is 0.232 e. The van der Waals surface area contributed by atoms with Crippen LogP contribution < -0.4 is 4.74 Å². The van der Waals surface area contributed by atoms with Crippen LogP contribution in [0.5, 0.6) is 5.75 Å². The van der Waals surface area contributed by atoms with E-state index in [1.807, 2.05) is 40.6 Å². The normalized spacial score (nSPS) is 14.4. The first-order valence-corrected chi connectivity index (χ1v) is 11.8. The molecule has 0 N–H and O–H groups in total. The predicted molar refractivity (Wildman–Crippen MR) is 117 cm³/mol. The van der Waals surface area contributed by atoms with Crippen molar-refractivity contribution in [1.82, 2.24) is 10.1 Å². The van der Waals surface area contributed by atoms with Crippen LogP contribution in [0.25, 0.3) is 10.6 Å². The van der Waals surface area contributed by atoms with Crippen LogP contribution in [0.15, 0.2) is 52.4 Å². The fourth-order valence-corrected chi connectivity index (χ4v) is 4.78. The van der Waals surface area contributed by atoms with E-state index in [0.717, 1.165) is 29.2 Å². The van der Waals surface area contributed by atoms with Gasteiger partial charge in [0.1, 0.15) is 11.9 Å². The van der Waals surface area contributed by atoms with Gasteiger partial charge in [-0.2, -0.15) is 5.26 Å². The summed E-state index contributed by atoms with van der Waals surface area (Å²) in [5.41, 5.74) is 1.44. The summed E-state index contributed by atoms with van der Waals surface area (Å²) in [6.07, 6.45) is 1.66. The molecule has 1 aliphatic heterocycles. The molecule has 1 amide bonds. The zero-order valence-electron chi connectivity index (χ0n) is 16.3. The lowest BCUT2D eigenvalue weighted by molar-refractivity contribution is -0.130. The Morgan fingerprint density at radius 2 is 2.17 bits per heavy atom. The smallest absolute Gasteiger partial charge is 0.232 e. The van der Waals surface area contributed by atoms with E-state index in [2.05, 4.69) is 11.2 Å². The number of nitriles is 1. The van der Waals surface area contributed by atoms with Crippen molar-refractivity contribution in [2.45, 2.75) is 24.7 Å². The van der Waals surface area contributed by atoms with Crippen LogP contribution in [-0.4, -0.2) is 40.9 Å². The molecule has 0 aliphatic carbocycles. The lowest BCUT2D eigenvalue weighted by atomic mass is 10.1. The van der Waals surface area contributed by atoms with Gasteiger partial charge in [0.15, 0.2) is 5.76 Å². The number of aromatic nitrogens is 1. The van der Waals surface area contributed by atoms with Crippen LogP contribution >= 0.6 is 23.1 Å². The van der Waals surface area contributed by atoms with E-state index >= 15 is 0 Å². The molecule has 3 heterocycles. The predicted octanol–water partition coefficient (Wildman–Crippen LogP) is 4.58. The summed E-state index contributed by atoms with van der Waals surface area (Å²) in [4.78, 5) is 15.5. The van der Waals surface area contributed by atoms with E-state index in [0.29, 0.717) is 35.9 Å². The number of likely N-dealkylation sites (tertiary alicyclic amines) is 1. The van der Waals surface area contributed by atoms with Crippen LogP contribution in [-0.2, 0) is 10.5 Å². The van der Waals surface area contributed by atoms with E-state index in [9.17, 15) is 4.79 Å². The Hall–Kier alpha value is -2.76. The van der Waals surface area contributed by atoms with Crippen molar-refractivity contribution in [3.63, 3.8) is 0 Å². The molecule has 4 rings (SSSR count). The molecule has 8 heteroatoms. The number of thiophene rings is 1. The van der Waals surface area contributed by atoms with Crippen molar-refractivity contribution in [2.75, 3.05) is 18.8 Å². The largest absolute Gasteiger partial charge is 0.490 e. The molecule has 30 heavy (non-hydrogen) atoms. The molecule has 0 saturated carbocycles. The topological polar surface area (TPSA) is 79.4 Å². The first-order chi connectivity index (χ1) is 14.7. The van der Waals surface area contributed by atoms with Crippen LogP contribution in [0.3, 0.4) is 0 Å². The third kappa shape index (κ3) is 5.23. The van der Waals surface area contributed by atoms with Gasteiger partial charge in [-0.15, -0.1) is 23.1 Å². The Balaban J connectivity index is 1.19. The number of piperidine rings is 1. The second-order valence-electron chi connectivity index (χ2n) is 6.99. The number of benzene rings is 1. The summed E-state index contributed by atoms with van der Waals surface area (Å²) in [6.45, 7) is 1.38.